The molecule has 0 aliphatic carbocycles. The highest BCUT2D eigenvalue weighted by molar-refractivity contribution is 7.07. The first kappa shape index (κ1) is 27.7. The van der Waals surface area contributed by atoms with Crippen LogP contribution in [-0.2, 0) is 4.79 Å². The number of ether oxygens (including phenoxy) is 3. The predicted octanol–water partition coefficient (Wildman–Crippen LogP) is 4.46. The molecular weight excluding hydrogens is 538 g/mol. The molecule has 4 aromatic rings. The van der Waals surface area contributed by atoms with E-state index in [1.165, 1.54) is 11.3 Å². The molecule has 0 fully saturated rings. The maximum atomic E-state index is 14.0. The molecule has 5 rings (SSSR count). The molecule has 1 atom stereocenters. The number of carbonyl (C=O) groups excluding carboxylic acids is 1. The number of hydrogen-bond acceptors (Lipinski definition) is 7. The second-order valence-corrected chi connectivity index (χ2v) is 10.2. The van der Waals surface area contributed by atoms with E-state index in [2.05, 4.69) is 11.9 Å². The highest BCUT2D eigenvalue weighted by atomic mass is 32.1. The van der Waals surface area contributed by atoms with Gasteiger partial charge in [0.15, 0.2) is 16.3 Å². The van der Waals surface area contributed by atoms with Gasteiger partial charge in [-0.1, -0.05) is 60.4 Å². The van der Waals surface area contributed by atoms with Crippen molar-refractivity contribution in [2.75, 3.05) is 26.1 Å². The van der Waals surface area contributed by atoms with E-state index in [9.17, 15) is 9.59 Å². The first-order chi connectivity index (χ1) is 19.9. The molecule has 0 spiro atoms. The van der Waals surface area contributed by atoms with Gasteiger partial charge in [0.05, 0.1) is 36.1 Å². The van der Waals surface area contributed by atoms with Crippen molar-refractivity contribution in [3.05, 3.63) is 128 Å². The molecule has 0 bridgehead atoms. The monoisotopic (exact) mass is 567 g/mol. The standard InChI is InChI=1S/C32H29N3O5S/c1-5-16-40-25-15-14-21(17-26(25)39-4)18-27-31(37)35-29(22-10-9-13-24(19-22)38-3)28(20(2)33-32(35)41-27)30(36)34-23-11-7-6-8-12-23/h5-15,17-19,29H,1,16H2,2-4H3,(H,34,36)/b27-18-/t29-/m0/s1. The Bertz CT molecular complexity index is 1820. The van der Waals surface area contributed by atoms with Crippen LogP contribution in [0.2, 0.25) is 0 Å². The molecule has 1 amide bonds. The number of hydrogen-bond donors (Lipinski definition) is 1. The molecule has 41 heavy (non-hydrogen) atoms. The molecular formula is C32H29N3O5S. The third-order valence-electron chi connectivity index (χ3n) is 6.55. The quantitative estimate of drug-likeness (QED) is 0.302. The molecule has 0 saturated heterocycles. The Morgan fingerprint density at radius 3 is 2.59 bits per heavy atom. The number of rotatable bonds is 9. The van der Waals surface area contributed by atoms with Gasteiger partial charge >= 0.3 is 0 Å². The molecule has 1 aromatic heterocycles. The van der Waals surface area contributed by atoms with Crippen LogP contribution in [0.4, 0.5) is 5.69 Å². The Labute approximate surface area is 241 Å². The fraction of sp³-hybridized carbons (Fsp3) is 0.156. The molecule has 9 heteroatoms. The van der Waals surface area contributed by atoms with Gasteiger partial charge in [-0.15, -0.1) is 0 Å². The van der Waals surface area contributed by atoms with E-state index in [0.717, 1.165) is 11.1 Å². The van der Waals surface area contributed by atoms with E-state index in [1.807, 2.05) is 60.7 Å². The van der Waals surface area contributed by atoms with Crippen LogP contribution >= 0.6 is 11.3 Å². The van der Waals surface area contributed by atoms with Crippen LogP contribution in [0, 0.1) is 0 Å². The minimum atomic E-state index is -0.712. The Morgan fingerprint density at radius 1 is 1.05 bits per heavy atom. The van der Waals surface area contributed by atoms with Crippen molar-refractivity contribution >= 4 is 29.0 Å². The van der Waals surface area contributed by atoms with E-state index >= 15 is 0 Å². The molecule has 2 heterocycles. The largest absolute Gasteiger partial charge is 0.497 e. The van der Waals surface area contributed by atoms with Crippen LogP contribution in [-0.4, -0.2) is 31.3 Å². The number of nitrogens with one attached hydrogen (secondary N) is 1. The average molecular weight is 568 g/mol. The van der Waals surface area contributed by atoms with E-state index < -0.39 is 6.04 Å². The van der Waals surface area contributed by atoms with Crippen LogP contribution in [0.5, 0.6) is 17.2 Å². The van der Waals surface area contributed by atoms with Crippen LogP contribution < -0.4 is 34.4 Å². The van der Waals surface area contributed by atoms with Crippen molar-refractivity contribution in [2.24, 2.45) is 4.99 Å². The van der Waals surface area contributed by atoms with E-state index in [0.29, 0.717) is 50.1 Å². The van der Waals surface area contributed by atoms with Gasteiger partial charge in [-0.2, -0.15) is 0 Å². The molecule has 1 aliphatic rings. The summed E-state index contributed by atoms with van der Waals surface area (Å²) in [6.07, 6.45) is 3.44. The van der Waals surface area contributed by atoms with Gasteiger partial charge < -0.3 is 19.5 Å². The lowest BCUT2D eigenvalue weighted by molar-refractivity contribution is -0.113. The smallest absolute Gasteiger partial charge is 0.271 e. The number of nitrogens with zero attached hydrogens (tertiary/aromatic N) is 2. The van der Waals surface area contributed by atoms with Gasteiger partial charge in [0.2, 0.25) is 0 Å². The number of para-hydroxylation sites is 1. The SMILES string of the molecule is C=CCOc1ccc(/C=c2\sc3n(c2=O)[C@@H](c2cccc(OC)c2)C(C(=O)Nc2ccccc2)=C(C)N=3)cc1OC. The second-order valence-electron chi connectivity index (χ2n) is 9.19. The van der Waals surface area contributed by atoms with Gasteiger partial charge in [0, 0.05) is 5.69 Å². The minimum Gasteiger partial charge on any atom is -0.497 e. The molecule has 0 unspecified atom stereocenters. The van der Waals surface area contributed by atoms with E-state index in [1.54, 1.807) is 50.0 Å². The summed E-state index contributed by atoms with van der Waals surface area (Å²) in [4.78, 5) is 32.9. The summed E-state index contributed by atoms with van der Waals surface area (Å²) in [6.45, 7) is 5.81. The third-order valence-corrected chi connectivity index (χ3v) is 7.53. The highest BCUT2D eigenvalue weighted by Gasteiger charge is 2.32. The Morgan fingerprint density at radius 2 is 1.85 bits per heavy atom. The normalized spacial score (nSPS) is 14.6. The Hall–Kier alpha value is -4.89. The van der Waals surface area contributed by atoms with Gasteiger partial charge in [-0.25, -0.2) is 4.99 Å². The minimum absolute atomic E-state index is 0.259. The summed E-state index contributed by atoms with van der Waals surface area (Å²) in [5.74, 6) is 1.40. The number of methoxy groups -OCH3 is 2. The summed E-state index contributed by atoms with van der Waals surface area (Å²) in [5, 5.41) is 2.96. The lowest BCUT2D eigenvalue weighted by Crippen LogP contribution is -2.40. The van der Waals surface area contributed by atoms with Crippen LogP contribution in [0.1, 0.15) is 24.1 Å². The molecule has 0 saturated carbocycles. The first-order valence-corrected chi connectivity index (χ1v) is 13.7. The number of fused-ring (bicyclic) bond motifs is 1. The van der Waals surface area contributed by atoms with Crippen LogP contribution in [0.25, 0.3) is 6.08 Å². The number of amides is 1. The number of aromatic nitrogens is 1. The fourth-order valence-corrected chi connectivity index (χ4v) is 5.70. The molecule has 3 aromatic carbocycles. The number of thiazole rings is 1. The van der Waals surface area contributed by atoms with Crippen molar-refractivity contribution in [2.45, 2.75) is 13.0 Å². The van der Waals surface area contributed by atoms with Crippen molar-refractivity contribution in [3.8, 4) is 17.2 Å². The fourth-order valence-electron chi connectivity index (χ4n) is 4.65. The van der Waals surface area contributed by atoms with Gasteiger partial charge in [0.1, 0.15) is 12.4 Å². The average Bonchev–Trinajstić information content (AvgIpc) is 3.29. The summed E-state index contributed by atoms with van der Waals surface area (Å²) >= 11 is 1.26. The molecule has 1 aliphatic heterocycles. The molecule has 208 valence electrons. The van der Waals surface area contributed by atoms with E-state index in [-0.39, 0.29) is 11.5 Å². The van der Waals surface area contributed by atoms with Crippen LogP contribution in [0.15, 0.2) is 107 Å². The maximum absolute atomic E-state index is 14.0. The topological polar surface area (TPSA) is 91.2 Å². The number of benzene rings is 3. The highest BCUT2D eigenvalue weighted by Crippen LogP contribution is 2.32. The zero-order valence-electron chi connectivity index (χ0n) is 22.9. The lowest BCUT2D eigenvalue weighted by Gasteiger charge is -2.25. The zero-order chi connectivity index (χ0) is 28.9. The summed E-state index contributed by atoms with van der Waals surface area (Å²) in [5.41, 5.74) is 2.79. The Balaban J connectivity index is 1.64. The predicted molar refractivity (Wildman–Crippen MR) is 161 cm³/mol. The summed E-state index contributed by atoms with van der Waals surface area (Å²) < 4.78 is 18.7. The van der Waals surface area contributed by atoms with Crippen molar-refractivity contribution in [1.82, 2.24) is 4.57 Å². The molecule has 8 nitrogen and oxygen atoms in total. The van der Waals surface area contributed by atoms with Crippen molar-refractivity contribution < 1.29 is 19.0 Å². The number of allylic oxidation sites excluding steroid dienone is 1. The second kappa shape index (κ2) is 12.1. The van der Waals surface area contributed by atoms with Crippen molar-refractivity contribution in [3.63, 3.8) is 0 Å². The van der Waals surface area contributed by atoms with E-state index in [4.69, 9.17) is 19.2 Å². The zero-order valence-corrected chi connectivity index (χ0v) is 23.7. The van der Waals surface area contributed by atoms with Crippen LogP contribution in [0.3, 0.4) is 0 Å². The van der Waals surface area contributed by atoms with Gasteiger partial charge in [-0.05, 0) is 60.5 Å². The number of carbonyl (C=O) groups is 1. The Kier molecular flexibility index (Phi) is 8.16. The lowest BCUT2D eigenvalue weighted by atomic mass is 9.95. The summed E-state index contributed by atoms with van der Waals surface area (Å²) in [7, 11) is 3.14. The van der Waals surface area contributed by atoms with Gasteiger partial charge in [-0.3, -0.25) is 14.2 Å². The maximum Gasteiger partial charge on any atom is 0.271 e. The van der Waals surface area contributed by atoms with Gasteiger partial charge in [0.25, 0.3) is 11.5 Å². The third kappa shape index (κ3) is 5.71. The molecule has 1 N–H and O–H groups in total. The summed E-state index contributed by atoms with van der Waals surface area (Å²) in [6, 6.07) is 21.3. The first-order valence-electron chi connectivity index (χ1n) is 12.9. The number of anilines is 1. The van der Waals surface area contributed by atoms with Crippen molar-refractivity contribution in [1.29, 1.82) is 0 Å². The molecule has 0 radical (unpaired) electrons.